The van der Waals surface area contributed by atoms with Crippen LogP contribution in [0, 0.1) is 28.6 Å². The molecular weight excluding hydrogens is 612 g/mol. The van der Waals surface area contributed by atoms with Gasteiger partial charge in [0.2, 0.25) is 0 Å². The summed E-state index contributed by atoms with van der Waals surface area (Å²) in [4.78, 5) is 64.3. The molecule has 258 valence electrons. The molecule has 0 amide bonds. The van der Waals surface area contributed by atoms with Crippen molar-refractivity contribution in [3.8, 4) is 0 Å². The van der Waals surface area contributed by atoms with Crippen LogP contribution in [0.2, 0.25) is 0 Å². The molecule has 1 aromatic carbocycles. The second-order valence-corrected chi connectivity index (χ2v) is 14.9. The summed E-state index contributed by atoms with van der Waals surface area (Å²) in [6.45, 7) is 12.0. The van der Waals surface area contributed by atoms with Crippen LogP contribution in [0.25, 0.3) is 0 Å². The number of benzene rings is 1. The van der Waals surface area contributed by atoms with Gasteiger partial charge in [-0.25, -0.2) is 4.79 Å². The average Bonchev–Trinajstić information content (AvgIpc) is 3.30. The minimum absolute atomic E-state index is 0.00281. The number of hydrogen-bond acceptors (Lipinski definition) is 12. The molecule has 0 heterocycles. The summed E-state index contributed by atoms with van der Waals surface area (Å²) >= 11 is 0. The van der Waals surface area contributed by atoms with Gasteiger partial charge in [-0.15, -0.1) is 0 Å². The monoisotopic (exact) mass is 658 g/mol. The summed E-state index contributed by atoms with van der Waals surface area (Å²) in [5.74, 6) is -5.67. The van der Waals surface area contributed by atoms with E-state index in [2.05, 4.69) is 0 Å². The second-order valence-electron chi connectivity index (χ2n) is 14.9. The number of fused-ring (bicyclic) bond motifs is 4. The predicted molar refractivity (Wildman–Crippen MR) is 163 cm³/mol. The van der Waals surface area contributed by atoms with Crippen LogP contribution in [-0.4, -0.2) is 81.3 Å². The molecule has 4 fully saturated rings. The number of aliphatic hydroxyl groups excluding tert-OH is 1. The van der Waals surface area contributed by atoms with Gasteiger partial charge in [-0.1, -0.05) is 39.0 Å². The van der Waals surface area contributed by atoms with E-state index in [1.807, 2.05) is 0 Å². The molecule has 0 spiro atoms. The predicted octanol–water partition coefficient (Wildman–Crippen LogP) is 3.29. The molecule has 12 atom stereocenters. The highest BCUT2D eigenvalue weighted by atomic mass is 16.6. The lowest BCUT2D eigenvalue weighted by Crippen LogP contribution is -2.73. The highest BCUT2D eigenvalue weighted by molar-refractivity contribution is 5.89. The molecule has 4 aliphatic carbocycles. The number of esters is 5. The molecule has 0 aliphatic heterocycles. The molecule has 0 bridgehead atoms. The summed E-state index contributed by atoms with van der Waals surface area (Å²) < 4.78 is 30.2. The molecule has 4 aliphatic rings. The van der Waals surface area contributed by atoms with Gasteiger partial charge in [0.15, 0.2) is 0 Å². The fourth-order valence-electron chi connectivity index (χ4n) is 10.2. The minimum atomic E-state index is -1.91. The topological polar surface area (TPSA) is 172 Å². The van der Waals surface area contributed by atoms with Crippen LogP contribution in [-0.2, 0) is 42.9 Å². The third-order valence-electron chi connectivity index (χ3n) is 11.7. The zero-order chi connectivity index (χ0) is 34.9. The van der Waals surface area contributed by atoms with E-state index in [9.17, 15) is 34.2 Å². The van der Waals surface area contributed by atoms with Crippen LogP contribution >= 0.6 is 0 Å². The van der Waals surface area contributed by atoms with Crippen molar-refractivity contribution in [2.45, 2.75) is 122 Å². The van der Waals surface area contributed by atoms with E-state index in [0.29, 0.717) is 0 Å². The van der Waals surface area contributed by atoms with Gasteiger partial charge >= 0.3 is 29.8 Å². The number of rotatable bonds is 6. The van der Waals surface area contributed by atoms with Crippen LogP contribution < -0.4 is 0 Å². The Bertz CT molecular complexity index is 1460. The summed E-state index contributed by atoms with van der Waals surface area (Å²) in [5, 5.41) is 24.9. The number of hydrogen-bond donors (Lipinski definition) is 2. The summed E-state index contributed by atoms with van der Waals surface area (Å²) in [7, 11) is 0. The van der Waals surface area contributed by atoms with Crippen LogP contribution in [0.3, 0.4) is 0 Å². The van der Waals surface area contributed by atoms with Gasteiger partial charge in [0, 0.05) is 50.9 Å². The first-order valence-corrected chi connectivity index (χ1v) is 16.1. The van der Waals surface area contributed by atoms with Crippen LogP contribution in [0.4, 0.5) is 0 Å². The first kappa shape index (κ1) is 34.8. The van der Waals surface area contributed by atoms with Crippen molar-refractivity contribution >= 4 is 29.8 Å². The standard InChI is InChI=1S/C35H46O12/c1-18-14-34(42)26(27(18)45-29(41)23-12-10-9-11-13-23)28(43-19(2)36)32(7)17-35(47-22(5)39)24(33(32,8)30(34)44-20(3)37)15-31(6,16-25(35)40)46-21(4)38/h9-13,18,24-28,30,40,42H,14-17H2,1-8H3/t18-,24-,25+,26+,27-,28+,30+,31+,32-,33+,34+,35-/m0/s1. The highest BCUT2D eigenvalue weighted by Crippen LogP contribution is 2.76. The van der Waals surface area contributed by atoms with E-state index in [1.165, 1.54) is 27.7 Å². The number of carbonyl (C=O) groups excluding carboxylic acids is 5. The minimum Gasteiger partial charge on any atom is -0.461 e. The zero-order valence-electron chi connectivity index (χ0n) is 28.2. The van der Waals surface area contributed by atoms with Gasteiger partial charge < -0.3 is 33.9 Å². The van der Waals surface area contributed by atoms with E-state index in [0.717, 1.165) is 0 Å². The van der Waals surface area contributed by atoms with Crippen LogP contribution in [0.5, 0.6) is 0 Å². The fourth-order valence-corrected chi connectivity index (χ4v) is 10.2. The molecule has 0 saturated heterocycles. The largest absolute Gasteiger partial charge is 0.461 e. The lowest BCUT2D eigenvalue weighted by atomic mass is 9.46. The first-order chi connectivity index (χ1) is 21.7. The maximum atomic E-state index is 13.4. The summed E-state index contributed by atoms with van der Waals surface area (Å²) in [6, 6.07) is 8.35. The highest BCUT2D eigenvalue weighted by Gasteiger charge is 2.84. The molecule has 1 aromatic rings. The molecule has 0 unspecified atom stereocenters. The fraction of sp³-hybridized carbons (Fsp3) is 0.686. The number of carbonyl (C=O) groups is 5. The third-order valence-corrected chi connectivity index (χ3v) is 11.7. The van der Waals surface area contributed by atoms with Gasteiger partial charge in [0.25, 0.3) is 0 Å². The van der Waals surface area contributed by atoms with E-state index in [1.54, 1.807) is 58.0 Å². The maximum absolute atomic E-state index is 13.4. The second kappa shape index (κ2) is 11.6. The zero-order valence-corrected chi connectivity index (χ0v) is 28.2. The molecule has 2 N–H and O–H groups in total. The van der Waals surface area contributed by atoms with Gasteiger partial charge in [0.1, 0.15) is 35.1 Å². The van der Waals surface area contributed by atoms with Crippen molar-refractivity contribution in [3.63, 3.8) is 0 Å². The Morgan fingerprint density at radius 3 is 1.94 bits per heavy atom. The number of ether oxygens (including phenoxy) is 5. The molecule has 0 radical (unpaired) electrons. The Hall–Kier alpha value is -3.51. The van der Waals surface area contributed by atoms with E-state index >= 15 is 0 Å². The Kier molecular flexibility index (Phi) is 8.57. The van der Waals surface area contributed by atoms with E-state index < -0.39 is 99.6 Å². The lowest BCUT2D eigenvalue weighted by Gasteiger charge is -2.63. The average molecular weight is 659 g/mol. The van der Waals surface area contributed by atoms with Crippen molar-refractivity contribution in [2.75, 3.05) is 0 Å². The van der Waals surface area contributed by atoms with Gasteiger partial charge in [-0.3, -0.25) is 19.2 Å². The van der Waals surface area contributed by atoms with Gasteiger partial charge in [-0.2, -0.15) is 0 Å². The Morgan fingerprint density at radius 1 is 0.787 bits per heavy atom. The van der Waals surface area contributed by atoms with E-state index in [4.69, 9.17) is 23.7 Å². The molecule has 0 aromatic heterocycles. The van der Waals surface area contributed by atoms with Crippen LogP contribution in [0.15, 0.2) is 30.3 Å². The molecule has 12 nitrogen and oxygen atoms in total. The third kappa shape index (κ3) is 5.31. The quantitative estimate of drug-likeness (QED) is 0.338. The van der Waals surface area contributed by atoms with Crippen molar-refractivity contribution < 1.29 is 57.9 Å². The van der Waals surface area contributed by atoms with Crippen molar-refractivity contribution in [1.29, 1.82) is 0 Å². The summed E-state index contributed by atoms with van der Waals surface area (Å²) in [5.41, 5.74) is -7.07. The van der Waals surface area contributed by atoms with Gasteiger partial charge in [0.05, 0.1) is 17.6 Å². The summed E-state index contributed by atoms with van der Waals surface area (Å²) in [6.07, 6.45) is -4.88. The molecule has 4 saturated carbocycles. The molecular formula is C35H46O12. The van der Waals surface area contributed by atoms with Crippen molar-refractivity contribution in [1.82, 2.24) is 0 Å². The Labute approximate surface area is 274 Å². The maximum Gasteiger partial charge on any atom is 0.338 e. The SMILES string of the molecule is CC(=O)O[C@@H]1[C@H]2[C@@H](OC(=O)c3ccccc3)[C@@H](C)C[C@]2(O)[C@H](OC(C)=O)[C@@]2(C)[C@@H]3C[C@@](C)(OC(C)=O)C[C@@H](O)[C@]3(OC(C)=O)C[C@@]12C. The Morgan fingerprint density at radius 2 is 1.38 bits per heavy atom. The first-order valence-electron chi connectivity index (χ1n) is 16.1. The smallest absolute Gasteiger partial charge is 0.338 e. The van der Waals surface area contributed by atoms with Crippen molar-refractivity contribution in [2.24, 2.45) is 28.6 Å². The Balaban J connectivity index is 1.75. The van der Waals surface area contributed by atoms with Gasteiger partial charge in [-0.05, 0) is 44.2 Å². The van der Waals surface area contributed by atoms with Crippen molar-refractivity contribution in [3.05, 3.63) is 35.9 Å². The molecule has 12 heteroatoms. The van der Waals surface area contributed by atoms with Crippen LogP contribution in [0.1, 0.15) is 91.4 Å². The van der Waals surface area contributed by atoms with E-state index in [-0.39, 0.29) is 31.2 Å². The number of aliphatic hydroxyl groups is 2. The lowest BCUT2D eigenvalue weighted by molar-refractivity contribution is -0.290. The molecule has 47 heavy (non-hydrogen) atoms. The molecule has 5 rings (SSSR count). The normalized spacial score (nSPS) is 43.4.